The molecule has 1 N–H and O–H groups in total. The fourth-order valence-electron chi connectivity index (χ4n) is 2.83. The van der Waals surface area contributed by atoms with Crippen LogP contribution in [0.2, 0.25) is 0 Å². The maximum Gasteiger partial charge on any atom is 0.226 e. The summed E-state index contributed by atoms with van der Waals surface area (Å²) in [6.07, 6.45) is 1.32. The van der Waals surface area contributed by atoms with Crippen molar-refractivity contribution in [1.82, 2.24) is 10.3 Å². The molecule has 0 bridgehead atoms. The second kappa shape index (κ2) is 6.55. The summed E-state index contributed by atoms with van der Waals surface area (Å²) in [5, 5.41) is 6.18. The monoisotopic (exact) mass is 344 g/mol. The maximum atomic E-state index is 12.3. The van der Waals surface area contributed by atoms with Crippen LogP contribution in [0, 0.1) is 0 Å². The van der Waals surface area contributed by atoms with Gasteiger partial charge in [0.15, 0.2) is 0 Å². The predicted octanol–water partition coefficient (Wildman–Crippen LogP) is 3.66. The summed E-state index contributed by atoms with van der Waals surface area (Å²) < 4.78 is 5.41. The number of thiazole rings is 1. The van der Waals surface area contributed by atoms with Gasteiger partial charge in [-0.15, -0.1) is 11.3 Å². The lowest BCUT2D eigenvalue weighted by Crippen LogP contribution is -2.28. The molecular weight excluding hydrogens is 320 g/mol. The highest BCUT2D eigenvalue weighted by atomic mass is 32.1. The number of hydrogen-bond donors (Lipinski definition) is 1. The van der Waals surface area contributed by atoms with Gasteiger partial charge in [-0.05, 0) is 18.1 Å². The number of aromatic nitrogens is 1. The van der Waals surface area contributed by atoms with Crippen LogP contribution in [0.3, 0.4) is 0 Å². The molecule has 2 aromatic rings. The van der Waals surface area contributed by atoms with Crippen LogP contribution in [-0.2, 0) is 16.6 Å². The number of hydrogen-bond acceptors (Lipinski definition) is 4. The summed E-state index contributed by atoms with van der Waals surface area (Å²) in [5.74, 6) is 1.29. The lowest BCUT2D eigenvalue weighted by atomic mass is 9.98. The number of nitrogens with one attached hydrogen (secondary N) is 1. The van der Waals surface area contributed by atoms with Gasteiger partial charge in [0.1, 0.15) is 5.75 Å². The second-order valence-corrected chi connectivity index (χ2v) is 8.19. The van der Waals surface area contributed by atoms with Crippen molar-refractivity contribution in [3.8, 4) is 5.75 Å². The summed E-state index contributed by atoms with van der Waals surface area (Å²) in [6.45, 7) is 6.41. The van der Waals surface area contributed by atoms with E-state index in [0.717, 1.165) is 22.9 Å². The average Bonchev–Trinajstić information content (AvgIpc) is 3.10. The molecule has 3 rings (SSSR count). The molecule has 0 spiro atoms. The van der Waals surface area contributed by atoms with Crippen LogP contribution >= 0.6 is 11.3 Å². The highest BCUT2D eigenvalue weighted by Crippen LogP contribution is 2.44. The van der Waals surface area contributed by atoms with Gasteiger partial charge in [-0.3, -0.25) is 4.79 Å². The summed E-state index contributed by atoms with van der Waals surface area (Å²) in [4.78, 5) is 16.9. The number of ether oxygens (including phenoxy) is 1. The first kappa shape index (κ1) is 17.0. The first-order valence-electron chi connectivity index (χ1n) is 8.25. The smallest absolute Gasteiger partial charge is 0.226 e. The van der Waals surface area contributed by atoms with E-state index in [1.54, 1.807) is 18.4 Å². The molecule has 2 atom stereocenters. The molecule has 1 aliphatic carbocycles. The van der Waals surface area contributed by atoms with Gasteiger partial charge in [-0.1, -0.05) is 39.0 Å². The molecule has 1 aromatic carbocycles. The number of nitrogens with zero attached hydrogens (tertiary/aromatic N) is 1. The SMILES string of the molecule is COc1ccccc1[C@@H]1C[C@@H]1NC(=O)Cc1csc(C(C)(C)C)n1. The van der Waals surface area contributed by atoms with Crippen molar-refractivity contribution < 1.29 is 9.53 Å². The van der Waals surface area contributed by atoms with E-state index in [-0.39, 0.29) is 17.4 Å². The Labute approximate surface area is 147 Å². The van der Waals surface area contributed by atoms with E-state index in [4.69, 9.17) is 4.74 Å². The van der Waals surface area contributed by atoms with Crippen LogP contribution in [0.1, 0.15) is 49.4 Å². The number of rotatable bonds is 5. The van der Waals surface area contributed by atoms with Gasteiger partial charge in [0.05, 0.1) is 24.2 Å². The third-order valence-corrected chi connectivity index (χ3v) is 5.53. The number of carbonyl (C=O) groups is 1. The molecule has 0 aliphatic heterocycles. The van der Waals surface area contributed by atoms with E-state index in [0.29, 0.717) is 12.3 Å². The minimum atomic E-state index is 0.0326. The van der Waals surface area contributed by atoms with E-state index in [9.17, 15) is 4.79 Å². The minimum Gasteiger partial charge on any atom is -0.496 e. The van der Waals surface area contributed by atoms with E-state index >= 15 is 0 Å². The van der Waals surface area contributed by atoms with Crippen LogP contribution in [0.15, 0.2) is 29.6 Å². The van der Waals surface area contributed by atoms with Crippen LogP contribution in [0.5, 0.6) is 5.75 Å². The largest absolute Gasteiger partial charge is 0.496 e. The maximum absolute atomic E-state index is 12.3. The van der Waals surface area contributed by atoms with Gasteiger partial charge in [-0.25, -0.2) is 4.98 Å². The van der Waals surface area contributed by atoms with Gasteiger partial charge < -0.3 is 10.1 Å². The van der Waals surface area contributed by atoms with Crippen molar-refractivity contribution >= 4 is 17.2 Å². The number of benzene rings is 1. The number of carbonyl (C=O) groups excluding carboxylic acids is 1. The zero-order chi connectivity index (χ0) is 17.3. The molecule has 0 radical (unpaired) electrons. The molecule has 4 nitrogen and oxygen atoms in total. The van der Waals surface area contributed by atoms with E-state index in [1.165, 1.54) is 5.56 Å². The highest BCUT2D eigenvalue weighted by Gasteiger charge is 2.41. The van der Waals surface area contributed by atoms with E-state index in [2.05, 4.69) is 37.1 Å². The lowest BCUT2D eigenvalue weighted by Gasteiger charge is -2.13. The van der Waals surface area contributed by atoms with Crippen LogP contribution in [-0.4, -0.2) is 24.0 Å². The second-order valence-electron chi connectivity index (χ2n) is 7.33. The van der Waals surface area contributed by atoms with Crippen molar-refractivity contribution in [2.75, 3.05) is 7.11 Å². The Balaban J connectivity index is 1.56. The Hall–Kier alpha value is -1.88. The minimum absolute atomic E-state index is 0.0326. The topological polar surface area (TPSA) is 51.2 Å². The van der Waals surface area contributed by atoms with Gasteiger partial charge >= 0.3 is 0 Å². The van der Waals surface area contributed by atoms with E-state index in [1.807, 2.05) is 23.6 Å². The number of amides is 1. The Morgan fingerprint density at radius 1 is 1.38 bits per heavy atom. The predicted molar refractivity (Wildman–Crippen MR) is 96.8 cm³/mol. The molecule has 5 heteroatoms. The summed E-state index contributed by atoms with van der Waals surface area (Å²) in [5.41, 5.74) is 2.07. The lowest BCUT2D eigenvalue weighted by molar-refractivity contribution is -0.120. The molecular formula is C19H24N2O2S. The Morgan fingerprint density at radius 2 is 2.12 bits per heavy atom. The molecule has 0 unspecified atom stereocenters. The third-order valence-electron chi connectivity index (χ3n) is 4.21. The molecule has 1 fully saturated rings. The van der Waals surface area contributed by atoms with Crippen LogP contribution in [0.4, 0.5) is 0 Å². The fraction of sp³-hybridized carbons (Fsp3) is 0.474. The first-order chi connectivity index (χ1) is 11.4. The van der Waals surface area contributed by atoms with Crippen molar-refractivity contribution in [2.24, 2.45) is 0 Å². The standard InChI is InChI=1S/C19H24N2O2S/c1-19(2,3)18-20-12(11-24-18)9-17(22)21-15-10-14(15)13-7-5-6-8-16(13)23-4/h5-8,11,14-15H,9-10H2,1-4H3,(H,21,22)/t14-,15-/m0/s1. The quantitative estimate of drug-likeness (QED) is 0.900. The van der Waals surface area contributed by atoms with Gasteiger partial charge in [0, 0.05) is 22.8 Å². The summed E-state index contributed by atoms with van der Waals surface area (Å²) >= 11 is 1.63. The highest BCUT2D eigenvalue weighted by molar-refractivity contribution is 7.09. The van der Waals surface area contributed by atoms with E-state index < -0.39 is 0 Å². The average molecular weight is 344 g/mol. The van der Waals surface area contributed by atoms with Crippen LogP contribution < -0.4 is 10.1 Å². The summed E-state index contributed by atoms with van der Waals surface area (Å²) in [6, 6.07) is 8.22. The molecule has 1 amide bonds. The molecule has 1 saturated carbocycles. The molecule has 1 heterocycles. The molecule has 0 saturated heterocycles. The normalized spacial score (nSPS) is 19.8. The van der Waals surface area contributed by atoms with Crippen molar-refractivity contribution in [3.05, 3.63) is 45.9 Å². The van der Waals surface area contributed by atoms with Crippen molar-refractivity contribution in [2.45, 2.75) is 51.0 Å². The van der Waals surface area contributed by atoms with Crippen molar-refractivity contribution in [1.29, 1.82) is 0 Å². The molecule has 1 aliphatic rings. The fourth-order valence-corrected chi connectivity index (χ4v) is 3.73. The molecule has 1 aromatic heterocycles. The Kier molecular flexibility index (Phi) is 4.63. The van der Waals surface area contributed by atoms with Gasteiger partial charge in [0.2, 0.25) is 5.91 Å². The summed E-state index contributed by atoms with van der Waals surface area (Å²) in [7, 11) is 1.68. The number of para-hydroxylation sites is 1. The van der Waals surface area contributed by atoms with Crippen molar-refractivity contribution in [3.63, 3.8) is 0 Å². The Bertz CT molecular complexity index is 733. The van der Waals surface area contributed by atoms with Crippen LogP contribution in [0.25, 0.3) is 0 Å². The molecule has 128 valence electrons. The Morgan fingerprint density at radius 3 is 2.79 bits per heavy atom. The number of methoxy groups -OCH3 is 1. The van der Waals surface area contributed by atoms with Gasteiger partial charge in [-0.2, -0.15) is 0 Å². The third kappa shape index (κ3) is 3.78. The van der Waals surface area contributed by atoms with Gasteiger partial charge in [0.25, 0.3) is 0 Å². The zero-order valence-electron chi connectivity index (χ0n) is 14.6. The molecule has 24 heavy (non-hydrogen) atoms. The first-order valence-corrected chi connectivity index (χ1v) is 9.13. The zero-order valence-corrected chi connectivity index (χ0v) is 15.4.